The second-order valence-electron chi connectivity index (χ2n) is 3.20. The Morgan fingerprint density at radius 2 is 2.23 bits per heavy atom. The van der Waals surface area contributed by atoms with E-state index in [1.54, 1.807) is 0 Å². The largest absolute Gasteiger partial charge is 0.480 e. The molecule has 0 aromatic rings. The van der Waals surface area contributed by atoms with Gasteiger partial charge in [0.15, 0.2) is 0 Å². The molecule has 13 heavy (non-hydrogen) atoms. The van der Waals surface area contributed by atoms with Gasteiger partial charge in [-0.1, -0.05) is 6.08 Å². The lowest BCUT2D eigenvalue weighted by Crippen LogP contribution is -2.41. The number of hydrogen-bond donors (Lipinski definition) is 2. The number of carboxylic acid groups (broad SMARTS) is 1. The molecule has 0 bridgehead atoms. The van der Waals surface area contributed by atoms with Crippen molar-refractivity contribution in [1.82, 2.24) is 5.32 Å². The summed E-state index contributed by atoms with van der Waals surface area (Å²) in [5, 5.41) is 11.2. The Bertz CT molecular complexity index is 233. The molecule has 1 amide bonds. The zero-order valence-corrected chi connectivity index (χ0v) is 7.32. The van der Waals surface area contributed by atoms with Crippen molar-refractivity contribution in [2.75, 3.05) is 0 Å². The molecule has 1 atom stereocenters. The first-order chi connectivity index (χ1) is 6.15. The van der Waals surface area contributed by atoms with Crippen LogP contribution in [0, 0.1) is 5.92 Å². The lowest BCUT2D eigenvalue weighted by atomic mass is 10.2. The summed E-state index contributed by atoms with van der Waals surface area (Å²) < 4.78 is 0. The van der Waals surface area contributed by atoms with Gasteiger partial charge in [-0.3, -0.25) is 4.79 Å². The van der Waals surface area contributed by atoms with Crippen LogP contribution in [0.2, 0.25) is 0 Å². The number of hydrogen-bond acceptors (Lipinski definition) is 2. The summed E-state index contributed by atoms with van der Waals surface area (Å²) >= 11 is 0. The van der Waals surface area contributed by atoms with Crippen molar-refractivity contribution in [2.45, 2.75) is 25.3 Å². The highest BCUT2D eigenvalue weighted by Crippen LogP contribution is 2.28. The molecule has 1 fully saturated rings. The topological polar surface area (TPSA) is 66.4 Å². The minimum absolute atomic E-state index is 0.0478. The molecule has 0 aromatic heterocycles. The fourth-order valence-corrected chi connectivity index (χ4v) is 1.02. The number of nitrogens with one attached hydrogen (secondary N) is 1. The van der Waals surface area contributed by atoms with E-state index in [1.807, 2.05) is 0 Å². The first-order valence-corrected chi connectivity index (χ1v) is 4.29. The maximum Gasteiger partial charge on any atom is 0.326 e. The smallest absolute Gasteiger partial charge is 0.326 e. The number of carbonyl (C=O) groups is 2. The van der Waals surface area contributed by atoms with Crippen molar-refractivity contribution >= 4 is 11.9 Å². The summed E-state index contributed by atoms with van der Waals surface area (Å²) in [6.07, 6.45) is 3.53. The molecular formula is C9H13NO3. The molecule has 1 saturated carbocycles. The summed E-state index contributed by atoms with van der Waals surface area (Å²) in [4.78, 5) is 21.8. The maximum absolute atomic E-state index is 11.2. The number of amides is 1. The van der Waals surface area contributed by atoms with Crippen molar-refractivity contribution in [3.8, 4) is 0 Å². The van der Waals surface area contributed by atoms with E-state index >= 15 is 0 Å². The van der Waals surface area contributed by atoms with E-state index in [9.17, 15) is 9.59 Å². The number of carboxylic acids is 1. The molecule has 0 saturated heterocycles. The molecule has 2 N–H and O–H groups in total. The van der Waals surface area contributed by atoms with Crippen LogP contribution in [-0.4, -0.2) is 23.0 Å². The summed E-state index contributed by atoms with van der Waals surface area (Å²) in [5.74, 6) is -1.10. The Balaban J connectivity index is 2.40. The van der Waals surface area contributed by atoms with Gasteiger partial charge in [0.05, 0.1) is 0 Å². The Labute approximate surface area is 76.6 Å². The third-order valence-corrected chi connectivity index (χ3v) is 1.97. The van der Waals surface area contributed by atoms with E-state index in [2.05, 4.69) is 11.9 Å². The maximum atomic E-state index is 11.2. The SMILES string of the molecule is C=CC[C@H](NC(=O)C1CC1)C(=O)O. The van der Waals surface area contributed by atoms with Gasteiger partial charge in [-0.15, -0.1) is 6.58 Å². The van der Waals surface area contributed by atoms with Gasteiger partial charge in [0, 0.05) is 5.92 Å². The van der Waals surface area contributed by atoms with E-state index in [0.717, 1.165) is 12.8 Å². The molecule has 0 spiro atoms. The van der Waals surface area contributed by atoms with Gasteiger partial charge in [0.2, 0.25) is 5.91 Å². The van der Waals surface area contributed by atoms with Crippen LogP contribution in [0.5, 0.6) is 0 Å². The summed E-state index contributed by atoms with van der Waals surface area (Å²) in [5.41, 5.74) is 0. The molecule has 0 aromatic carbocycles. The highest BCUT2D eigenvalue weighted by molar-refractivity contribution is 5.86. The minimum atomic E-state index is -1.01. The van der Waals surface area contributed by atoms with Gasteiger partial charge in [-0.25, -0.2) is 4.79 Å². The predicted molar refractivity (Wildman–Crippen MR) is 47.1 cm³/mol. The average molecular weight is 183 g/mol. The number of carbonyl (C=O) groups excluding carboxylic acids is 1. The second-order valence-corrected chi connectivity index (χ2v) is 3.20. The second kappa shape index (κ2) is 4.07. The summed E-state index contributed by atoms with van der Waals surface area (Å²) in [7, 11) is 0. The van der Waals surface area contributed by atoms with Crippen LogP contribution in [0.3, 0.4) is 0 Å². The van der Waals surface area contributed by atoms with Crippen LogP contribution in [-0.2, 0) is 9.59 Å². The normalized spacial score (nSPS) is 17.5. The standard InChI is InChI=1S/C9H13NO3/c1-2-3-7(9(12)13)10-8(11)6-4-5-6/h2,6-7H,1,3-5H2,(H,10,11)(H,12,13)/t7-/m0/s1. The lowest BCUT2D eigenvalue weighted by Gasteiger charge is -2.11. The van der Waals surface area contributed by atoms with Crippen LogP contribution >= 0.6 is 0 Å². The molecule has 0 heterocycles. The fraction of sp³-hybridized carbons (Fsp3) is 0.556. The first-order valence-electron chi connectivity index (χ1n) is 4.29. The molecular weight excluding hydrogens is 170 g/mol. The van der Waals surface area contributed by atoms with Crippen molar-refractivity contribution in [3.63, 3.8) is 0 Å². The van der Waals surface area contributed by atoms with Crippen molar-refractivity contribution < 1.29 is 14.7 Å². The Kier molecular flexibility index (Phi) is 3.06. The van der Waals surface area contributed by atoms with E-state index in [4.69, 9.17) is 5.11 Å². The summed E-state index contributed by atoms with van der Waals surface area (Å²) in [6.45, 7) is 3.44. The third-order valence-electron chi connectivity index (χ3n) is 1.97. The van der Waals surface area contributed by atoms with Gasteiger partial charge in [0.25, 0.3) is 0 Å². The van der Waals surface area contributed by atoms with E-state index in [-0.39, 0.29) is 18.2 Å². The van der Waals surface area contributed by atoms with E-state index in [1.165, 1.54) is 6.08 Å². The highest BCUT2D eigenvalue weighted by atomic mass is 16.4. The molecule has 0 radical (unpaired) electrons. The first kappa shape index (κ1) is 9.77. The molecule has 0 unspecified atom stereocenters. The quantitative estimate of drug-likeness (QED) is 0.611. The van der Waals surface area contributed by atoms with Crippen LogP contribution < -0.4 is 5.32 Å². The minimum Gasteiger partial charge on any atom is -0.480 e. The molecule has 4 nitrogen and oxygen atoms in total. The Morgan fingerprint density at radius 3 is 2.62 bits per heavy atom. The molecule has 1 aliphatic carbocycles. The molecule has 1 aliphatic rings. The van der Waals surface area contributed by atoms with Crippen LogP contribution in [0.25, 0.3) is 0 Å². The van der Waals surface area contributed by atoms with Gasteiger partial charge < -0.3 is 10.4 Å². The predicted octanol–water partition coefficient (Wildman–Crippen LogP) is 0.542. The molecule has 72 valence electrons. The number of aliphatic carboxylic acids is 1. The van der Waals surface area contributed by atoms with Crippen molar-refractivity contribution in [1.29, 1.82) is 0 Å². The van der Waals surface area contributed by atoms with Crippen molar-refractivity contribution in [2.24, 2.45) is 5.92 Å². The van der Waals surface area contributed by atoms with Gasteiger partial charge in [0.1, 0.15) is 6.04 Å². The zero-order valence-electron chi connectivity index (χ0n) is 7.32. The lowest BCUT2D eigenvalue weighted by molar-refractivity contribution is -0.141. The van der Waals surface area contributed by atoms with Gasteiger partial charge in [-0.2, -0.15) is 0 Å². The number of rotatable bonds is 5. The van der Waals surface area contributed by atoms with Gasteiger partial charge in [-0.05, 0) is 19.3 Å². The average Bonchev–Trinajstić information content (AvgIpc) is 2.85. The fourth-order valence-electron chi connectivity index (χ4n) is 1.02. The highest BCUT2D eigenvalue weighted by Gasteiger charge is 2.32. The van der Waals surface area contributed by atoms with Crippen LogP contribution in [0.4, 0.5) is 0 Å². The Hall–Kier alpha value is -1.32. The summed E-state index contributed by atoms with van der Waals surface area (Å²) in [6, 6.07) is -0.814. The third kappa shape index (κ3) is 2.89. The zero-order chi connectivity index (χ0) is 9.84. The van der Waals surface area contributed by atoms with Crippen LogP contribution in [0.1, 0.15) is 19.3 Å². The monoisotopic (exact) mass is 183 g/mol. The Morgan fingerprint density at radius 1 is 1.62 bits per heavy atom. The molecule has 1 rings (SSSR count). The van der Waals surface area contributed by atoms with Gasteiger partial charge >= 0.3 is 5.97 Å². The molecule has 0 aliphatic heterocycles. The van der Waals surface area contributed by atoms with Crippen molar-refractivity contribution in [3.05, 3.63) is 12.7 Å². The molecule has 4 heteroatoms. The van der Waals surface area contributed by atoms with E-state index < -0.39 is 12.0 Å². The van der Waals surface area contributed by atoms with Crippen LogP contribution in [0.15, 0.2) is 12.7 Å². The van der Waals surface area contributed by atoms with E-state index in [0.29, 0.717) is 0 Å².